The van der Waals surface area contributed by atoms with Gasteiger partial charge in [0.15, 0.2) is 0 Å². The topological polar surface area (TPSA) is 43.1 Å². The molecule has 0 aliphatic heterocycles. The maximum atomic E-state index is 11.7. The summed E-state index contributed by atoms with van der Waals surface area (Å²) < 4.78 is 11.7. The summed E-state index contributed by atoms with van der Waals surface area (Å²) in [6.07, 6.45) is 0. The van der Waals surface area contributed by atoms with Gasteiger partial charge < -0.3 is 5.73 Å². The third kappa shape index (κ3) is 4.22. The van der Waals surface area contributed by atoms with E-state index in [9.17, 15) is 4.21 Å². The quantitative estimate of drug-likeness (QED) is 0.829. The van der Waals surface area contributed by atoms with Crippen molar-refractivity contribution in [3.05, 3.63) is 28.8 Å². The molecule has 1 aromatic carbocycles. The molecule has 0 fully saturated rings. The fourth-order valence-electron chi connectivity index (χ4n) is 1.30. The van der Waals surface area contributed by atoms with Crippen molar-refractivity contribution in [2.24, 2.45) is 5.92 Å². The number of benzene rings is 1. The van der Waals surface area contributed by atoms with E-state index in [1.807, 2.05) is 0 Å². The molecule has 0 aliphatic rings. The summed E-state index contributed by atoms with van der Waals surface area (Å²) in [6.45, 7) is 4.11. The number of nitrogen functional groups attached to an aromatic ring is 1. The molecule has 1 unspecified atom stereocenters. The predicted octanol–water partition coefficient (Wildman–Crippen LogP) is 2.83. The number of hydrogen-bond acceptors (Lipinski definition) is 2. The molecule has 2 N–H and O–H groups in total. The maximum absolute atomic E-state index is 11.7. The second-order valence-electron chi connectivity index (χ2n) is 3.99. The highest BCUT2D eigenvalue weighted by molar-refractivity contribution is 7.84. The lowest BCUT2D eigenvalue weighted by Crippen LogP contribution is -2.08. The lowest BCUT2D eigenvalue weighted by Gasteiger charge is -2.07. The second kappa shape index (κ2) is 5.52. The Morgan fingerprint density at radius 2 is 2.13 bits per heavy atom. The van der Waals surface area contributed by atoms with E-state index in [1.54, 1.807) is 18.2 Å². The highest BCUT2D eigenvalue weighted by atomic mass is 35.5. The molecule has 0 aliphatic carbocycles. The van der Waals surface area contributed by atoms with Gasteiger partial charge in [0.05, 0.1) is 5.75 Å². The Balaban J connectivity index is 2.71. The van der Waals surface area contributed by atoms with Crippen LogP contribution < -0.4 is 5.73 Å². The highest BCUT2D eigenvalue weighted by Crippen LogP contribution is 2.19. The lowest BCUT2D eigenvalue weighted by molar-refractivity contribution is 0.664. The van der Waals surface area contributed by atoms with Gasteiger partial charge in [-0.15, -0.1) is 0 Å². The minimum Gasteiger partial charge on any atom is -0.398 e. The van der Waals surface area contributed by atoms with Crippen LogP contribution in [0.25, 0.3) is 0 Å². The van der Waals surface area contributed by atoms with Crippen LogP contribution in [0.4, 0.5) is 5.69 Å². The normalized spacial score (nSPS) is 13.1. The van der Waals surface area contributed by atoms with E-state index >= 15 is 0 Å². The molecule has 0 heterocycles. The van der Waals surface area contributed by atoms with Crippen LogP contribution in [0.3, 0.4) is 0 Å². The second-order valence-corrected chi connectivity index (χ2v) is 5.93. The number of nitrogens with two attached hydrogens (primary N) is 1. The molecule has 2 nitrogen and oxygen atoms in total. The average Bonchev–Trinajstić information content (AvgIpc) is 2.10. The van der Waals surface area contributed by atoms with E-state index in [0.29, 0.717) is 28.1 Å². The van der Waals surface area contributed by atoms with Crippen LogP contribution in [0.2, 0.25) is 5.02 Å². The molecular weight excluding hydrogens is 230 g/mol. The molecule has 4 heteroatoms. The first-order chi connectivity index (χ1) is 6.99. The van der Waals surface area contributed by atoms with Crippen molar-refractivity contribution < 1.29 is 4.21 Å². The molecule has 0 spiro atoms. The predicted molar refractivity (Wildman–Crippen MR) is 67.4 cm³/mol. The largest absolute Gasteiger partial charge is 0.398 e. The van der Waals surface area contributed by atoms with Gasteiger partial charge in [-0.3, -0.25) is 4.21 Å². The highest BCUT2D eigenvalue weighted by Gasteiger charge is 2.07. The smallest absolute Gasteiger partial charge is 0.0506 e. The van der Waals surface area contributed by atoms with E-state index in [4.69, 9.17) is 17.3 Å². The molecule has 0 saturated carbocycles. The van der Waals surface area contributed by atoms with Gasteiger partial charge in [0, 0.05) is 27.3 Å². The van der Waals surface area contributed by atoms with E-state index in [2.05, 4.69) is 13.8 Å². The van der Waals surface area contributed by atoms with Crippen LogP contribution in [0.5, 0.6) is 0 Å². The summed E-state index contributed by atoms with van der Waals surface area (Å²) in [6, 6.07) is 5.28. The summed E-state index contributed by atoms with van der Waals surface area (Å²) >= 11 is 5.85. The number of rotatable bonds is 4. The van der Waals surface area contributed by atoms with Gasteiger partial charge in [-0.25, -0.2) is 0 Å². The maximum Gasteiger partial charge on any atom is 0.0506 e. The zero-order valence-corrected chi connectivity index (χ0v) is 10.6. The Kier molecular flexibility index (Phi) is 4.61. The van der Waals surface area contributed by atoms with Gasteiger partial charge in [0.2, 0.25) is 0 Å². The van der Waals surface area contributed by atoms with Gasteiger partial charge in [-0.05, 0) is 29.7 Å². The van der Waals surface area contributed by atoms with Crippen LogP contribution >= 0.6 is 11.6 Å². The first kappa shape index (κ1) is 12.5. The third-order valence-electron chi connectivity index (χ3n) is 1.94. The molecule has 0 aromatic heterocycles. The molecule has 1 aromatic rings. The molecule has 0 bridgehead atoms. The minimum absolute atomic E-state index is 0.436. The van der Waals surface area contributed by atoms with Crippen molar-refractivity contribution in [2.75, 3.05) is 11.5 Å². The molecule has 15 heavy (non-hydrogen) atoms. The zero-order valence-electron chi connectivity index (χ0n) is 9.00. The molecule has 1 atom stereocenters. The van der Waals surface area contributed by atoms with Gasteiger partial charge in [0.1, 0.15) is 0 Å². The van der Waals surface area contributed by atoms with Gasteiger partial charge in [-0.1, -0.05) is 25.4 Å². The molecule has 0 amide bonds. The standard InChI is InChI=1S/C11H16ClNOS/c1-8(2)6-15(14)7-9-5-10(12)3-4-11(9)13/h3-5,8H,6-7,13H2,1-2H3. The molecule has 1 rings (SSSR count). The van der Waals surface area contributed by atoms with Crippen molar-refractivity contribution in [1.29, 1.82) is 0 Å². The van der Waals surface area contributed by atoms with Crippen molar-refractivity contribution in [2.45, 2.75) is 19.6 Å². The Bertz CT molecular complexity index is 366. The Labute approximate surface area is 98.3 Å². The summed E-state index contributed by atoms with van der Waals surface area (Å²) in [5.41, 5.74) is 7.32. The Hall–Kier alpha value is -0.540. The van der Waals surface area contributed by atoms with Crippen molar-refractivity contribution >= 4 is 28.1 Å². The Morgan fingerprint density at radius 1 is 1.47 bits per heavy atom. The van der Waals surface area contributed by atoms with Gasteiger partial charge in [-0.2, -0.15) is 0 Å². The van der Waals surface area contributed by atoms with Crippen LogP contribution in [-0.4, -0.2) is 9.96 Å². The first-order valence-electron chi connectivity index (χ1n) is 4.88. The lowest BCUT2D eigenvalue weighted by atomic mass is 10.2. The summed E-state index contributed by atoms with van der Waals surface area (Å²) in [5.74, 6) is 1.63. The third-order valence-corrected chi connectivity index (χ3v) is 3.85. The molecular formula is C11H16ClNOS. The minimum atomic E-state index is -0.858. The van der Waals surface area contributed by atoms with E-state index < -0.39 is 10.8 Å². The van der Waals surface area contributed by atoms with Crippen molar-refractivity contribution in [1.82, 2.24) is 0 Å². The van der Waals surface area contributed by atoms with E-state index in [1.165, 1.54) is 0 Å². The summed E-state index contributed by atoms with van der Waals surface area (Å²) in [4.78, 5) is 0. The Morgan fingerprint density at radius 3 is 2.73 bits per heavy atom. The SMILES string of the molecule is CC(C)CS(=O)Cc1cc(Cl)ccc1N. The summed E-state index contributed by atoms with van der Waals surface area (Å²) in [5, 5.41) is 0.640. The van der Waals surface area contributed by atoms with Crippen LogP contribution in [0.1, 0.15) is 19.4 Å². The average molecular weight is 246 g/mol. The van der Waals surface area contributed by atoms with Crippen molar-refractivity contribution in [3.63, 3.8) is 0 Å². The van der Waals surface area contributed by atoms with Crippen LogP contribution in [-0.2, 0) is 16.6 Å². The fraction of sp³-hybridized carbons (Fsp3) is 0.455. The molecule has 84 valence electrons. The summed E-state index contributed by atoms with van der Waals surface area (Å²) in [7, 11) is -0.858. The number of hydrogen-bond donors (Lipinski definition) is 1. The van der Waals surface area contributed by atoms with E-state index in [0.717, 1.165) is 5.56 Å². The monoisotopic (exact) mass is 245 g/mol. The van der Waals surface area contributed by atoms with Gasteiger partial charge >= 0.3 is 0 Å². The molecule has 0 radical (unpaired) electrons. The van der Waals surface area contributed by atoms with Crippen LogP contribution in [0.15, 0.2) is 18.2 Å². The van der Waals surface area contributed by atoms with E-state index in [-0.39, 0.29) is 0 Å². The van der Waals surface area contributed by atoms with Crippen LogP contribution in [0, 0.1) is 5.92 Å². The fourth-order valence-corrected chi connectivity index (χ4v) is 2.96. The number of halogens is 1. The van der Waals surface area contributed by atoms with Crippen molar-refractivity contribution in [3.8, 4) is 0 Å². The number of anilines is 1. The zero-order chi connectivity index (χ0) is 11.4. The first-order valence-corrected chi connectivity index (χ1v) is 6.74. The van der Waals surface area contributed by atoms with Gasteiger partial charge in [0.25, 0.3) is 0 Å². The molecule has 0 saturated heterocycles.